The Hall–Kier alpha value is -2.09. The summed E-state index contributed by atoms with van der Waals surface area (Å²) in [7, 11) is 0. The van der Waals surface area contributed by atoms with Gasteiger partial charge >= 0.3 is 6.16 Å². The molecular weight excluding hydrogens is 256 g/mol. The van der Waals surface area contributed by atoms with E-state index in [4.69, 9.17) is 9.47 Å². The Morgan fingerprint density at radius 3 is 2.83 bits per heavy atom. The maximum Gasteiger partial charge on any atom is 0.514 e. The largest absolute Gasteiger partial charge is 0.514 e. The summed E-state index contributed by atoms with van der Waals surface area (Å²) in [5.74, 6) is 0.474. The van der Waals surface area contributed by atoms with Gasteiger partial charge in [0.25, 0.3) is 0 Å². The standard InChI is InChI=1S/C10H9N4O3S/c1-7-2-4-8(5-3-7)17-10(15)16-6-18-9-11-13-14-12-9/h2-5H,6H2,1H3/q-1. The van der Waals surface area contributed by atoms with Crippen LogP contribution in [0.1, 0.15) is 5.56 Å². The van der Waals surface area contributed by atoms with Crippen molar-refractivity contribution in [2.24, 2.45) is 0 Å². The van der Waals surface area contributed by atoms with Gasteiger partial charge in [0.2, 0.25) is 0 Å². The summed E-state index contributed by atoms with van der Waals surface area (Å²) in [5, 5.41) is 14.1. The van der Waals surface area contributed by atoms with E-state index in [2.05, 4.69) is 20.6 Å². The molecule has 1 aromatic carbocycles. The molecule has 0 aliphatic rings. The molecule has 2 rings (SSSR count). The van der Waals surface area contributed by atoms with E-state index < -0.39 is 6.16 Å². The van der Waals surface area contributed by atoms with Crippen LogP contribution < -0.4 is 9.84 Å². The molecule has 8 heteroatoms. The van der Waals surface area contributed by atoms with Crippen LogP contribution in [-0.2, 0) is 4.74 Å². The average molecular weight is 265 g/mol. The first kappa shape index (κ1) is 12.4. The van der Waals surface area contributed by atoms with Crippen molar-refractivity contribution in [1.82, 2.24) is 20.6 Å². The molecule has 1 heterocycles. The van der Waals surface area contributed by atoms with E-state index in [0.717, 1.165) is 17.3 Å². The smallest absolute Gasteiger partial charge is 0.423 e. The highest BCUT2D eigenvalue weighted by Crippen LogP contribution is 2.13. The first-order valence-corrected chi connectivity index (χ1v) is 5.95. The third kappa shape index (κ3) is 3.74. The summed E-state index contributed by atoms with van der Waals surface area (Å²) < 4.78 is 9.76. The molecule has 0 spiro atoms. The Labute approximate surface area is 107 Å². The lowest BCUT2D eigenvalue weighted by Crippen LogP contribution is -2.10. The first-order valence-electron chi connectivity index (χ1n) is 4.97. The van der Waals surface area contributed by atoms with Crippen LogP contribution in [0.4, 0.5) is 4.79 Å². The lowest BCUT2D eigenvalue weighted by molar-refractivity contribution is 0.116. The maximum atomic E-state index is 11.3. The van der Waals surface area contributed by atoms with Gasteiger partial charge in [-0.1, -0.05) is 29.5 Å². The number of aromatic nitrogens is 4. The van der Waals surface area contributed by atoms with Gasteiger partial charge in [-0.25, -0.2) is 4.79 Å². The number of ether oxygens (including phenoxy) is 2. The van der Waals surface area contributed by atoms with Crippen molar-refractivity contribution < 1.29 is 14.3 Å². The van der Waals surface area contributed by atoms with E-state index in [1.165, 1.54) is 0 Å². The molecule has 18 heavy (non-hydrogen) atoms. The quantitative estimate of drug-likeness (QED) is 0.355. The zero-order chi connectivity index (χ0) is 12.8. The van der Waals surface area contributed by atoms with Crippen LogP contribution in [0.5, 0.6) is 5.75 Å². The molecule has 0 N–H and O–H groups in total. The molecule has 0 radical (unpaired) electrons. The van der Waals surface area contributed by atoms with Crippen molar-refractivity contribution in [3.8, 4) is 5.75 Å². The van der Waals surface area contributed by atoms with E-state index in [0.29, 0.717) is 10.9 Å². The summed E-state index contributed by atoms with van der Waals surface area (Å²) in [4.78, 5) is 11.3. The molecule has 0 aliphatic carbocycles. The van der Waals surface area contributed by atoms with Crippen molar-refractivity contribution in [3.05, 3.63) is 29.8 Å². The van der Waals surface area contributed by atoms with Gasteiger partial charge < -0.3 is 14.6 Å². The Kier molecular flexibility index (Phi) is 4.13. The second-order valence-corrected chi connectivity index (χ2v) is 4.12. The fourth-order valence-corrected chi connectivity index (χ4v) is 1.51. The number of benzene rings is 1. The van der Waals surface area contributed by atoms with Gasteiger partial charge in [0, 0.05) is 0 Å². The normalized spacial score (nSPS) is 10.1. The van der Waals surface area contributed by atoms with Crippen LogP contribution >= 0.6 is 11.8 Å². The van der Waals surface area contributed by atoms with E-state index in [9.17, 15) is 4.79 Å². The van der Waals surface area contributed by atoms with Crippen molar-refractivity contribution >= 4 is 17.9 Å². The molecule has 0 aliphatic heterocycles. The second-order valence-electron chi connectivity index (χ2n) is 3.23. The first-order chi connectivity index (χ1) is 8.74. The van der Waals surface area contributed by atoms with Crippen LogP contribution in [0.25, 0.3) is 0 Å². The lowest BCUT2D eigenvalue weighted by atomic mass is 10.2. The number of tetrazole rings is 1. The number of rotatable bonds is 4. The molecule has 0 bridgehead atoms. The summed E-state index contributed by atoms with van der Waals surface area (Å²) in [6.07, 6.45) is -0.779. The molecule has 2 aromatic rings. The minimum Gasteiger partial charge on any atom is -0.423 e. The molecule has 0 atom stereocenters. The number of thioether (sulfide) groups is 1. The zero-order valence-electron chi connectivity index (χ0n) is 9.44. The summed E-state index contributed by atoms with van der Waals surface area (Å²) in [5.41, 5.74) is 1.08. The Morgan fingerprint density at radius 1 is 1.39 bits per heavy atom. The van der Waals surface area contributed by atoms with E-state index in [1.54, 1.807) is 12.1 Å². The minimum absolute atomic E-state index is 0.0398. The van der Waals surface area contributed by atoms with Crippen LogP contribution in [0.3, 0.4) is 0 Å². The fourth-order valence-electron chi connectivity index (χ4n) is 1.06. The predicted molar refractivity (Wildman–Crippen MR) is 62.2 cm³/mol. The third-order valence-electron chi connectivity index (χ3n) is 1.89. The second kappa shape index (κ2) is 6.01. The van der Waals surface area contributed by atoms with Crippen LogP contribution in [0.2, 0.25) is 0 Å². The van der Waals surface area contributed by atoms with Crippen LogP contribution in [-0.4, -0.2) is 27.6 Å². The molecule has 1 aromatic heterocycles. The van der Waals surface area contributed by atoms with Gasteiger partial charge in [0.15, 0.2) is 0 Å². The Balaban J connectivity index is 1.73. The third-order valence-corrected chi connectivity index (χ3v) is 2.54. The van der Waals surface area contributed by atoms with E-state index >= 15 is 0 Å². The number of hydrogen-bond donors (Lipinski definition) is 0. The highest BCUT2D eigenvalue weighted by molar-refractivity contribution is 7.99. The van der Waals surface area contributed by atoms with Crippen molar-refractivity contribution in [1.29, 1.82) is 0 Å². The highest BCUT2D eigenvalue weighted by Gasteiger charge is 2.05. The molecule has 0 saturated carbocycles. The highest BCUT2D eigenvalue weighted by atomic mass is 32.2. The maximum absolute atomic E-state index is 11.3. The molecule has 0 saturated heterocycles. The van der Waals surface area contributed by atoms with Gasteiger partial charge in [-0.3, -0.25) is 10.3 Å². The van der Waals surface area contributed by atoms with Gasteiger partial charge in [-0.05, 0) is 19.1 Å². The monoisotopic (exact) mass is 265 g/mol. The minimum atomic E-state index is -0.779. The van der Waals surface area contributed by atoms with Gasteiger partial charge in [0.05, 0.1) is 5.16 Å². The van der Waals surface area contributed by atoms with Gasteiger partial charge in [-0.2, -0.15) is 5.21 Å². The number of aryl methyl sites for hydroxylation is 1. The predicted octanol–water partition coefficient (Wildman–Crippen LogP) is 1.40. The Bertz CT molecular complexity index is 500. The van der Waals surface area contributed by atoms with Crippen molar-refractivity contribution in [2.75, 3.05) is 5.94 Å². The van der Waals surface area contributed by atoms with Crippen molar-refractivity contribution in [2.45, 2.75) is 12.1 Å². The molecule has 0 amide bonds. The van der Waals surface area contributed by atoms with E-state index in [-0.39, 0.29) is 5.94 Å². The lowest BCUT2D eigenvalue weighted by Gasteiger charge is -2.05. The number of carbonyl (C=O) groups excluding carboxylic acids is 1. The fraction of sp³-hybridized carbons (Fsp3) is 0.200. The summed E-state index contributed by atoms with van der Waals surface area (Å²) >= 11 is 1.10. The molecule has 0 unspecified atom stereocenters. The van der Waals surface area contributed by atoms with Gasteiger partial charge in [-0.15, -0.1) is 0 Å². The summed E-state index contributed by atoms with van der Waals surface area (Å²) in [6, 6.07) is 7.06. The number of carbonyl (C=O) groups is 1. The van der Waals surface area contributed by atoms with Crippen LogP contribution in [0.15, 0.2) is 29.4 Å². The molecule has 7 nitrogen and oxygen atoms in total. The molecule has 94 valence electrons. The topological polar surface area (TPSA) is 88.3 Å². The number of hydrogen-bond acceptors (Lipinski definition) is 7. The zero-order valence-corrected chi connectivity index (χ0v) is 10.3. The van der Waals surface area contributed by atoms with Crippen molar-refractivity contribution in [3.63, 3.8) is 0 Å². The van der Waals surface area contributed by atoms with Gasteiger partial charge in [0.1, 0.15) is 11.7 Å². The average Bonchev–Trinajstić information content (AvgIpc) is 2.85. The molecular formula is C10H9N4O3S-. The van der Waals surface area contributed by atoms with Crippen LogP contribution in [0, 0.1) is 6.92 Å². The molecule has 0 fully saturated rings. The SMILES string of the molecule is Cc1ccc(OC(=O)OCSc2nnn[n-]2)cc1. The summed E-state index contributed by atoms with van der Waals surface area (Å²) in [6.45, 7) is 1.95. The van der Waals surface area contributed by atoms with E-state index in [1.807, 2.05) is 19.1 Å². The Morgan fingerprint density at radius 2 is 2.17 bits per heavy atom. The number of nitrogens with zero attached hydrogens (tertiary/aromatic N) is 4.